The van der Waals surface area contributed by atoms with E-state index in [2.05, 4.69) is 23.3 Å². The maximum absolute atomic E-state index is 14.1. The normalized spacial score (nSPS) is 14.2. The Labute approximate surface area is 339 Å². The number of thiophene rings is 2. The highest BCUT2D eigenvalue weighted by Gasteiger charge is 2.35. The maximum atomic E-state index is 14.1. The largest absolute Gasteiger partial charge is 0.416 e. The van der Waals surface area contributed by atoms with Gasteiger partial charge in [0.25, 0.3) is 0 Å². The molecular weight excluding hydrogens is 803 g/mol. The molecule has 2 atom stereocenters. The van der Waals surface area contributed by atoms with Gasteiger partial charge in [0.15, 0.2) is 0 Å². The maximum Gasteiger partial charge on any atom is 0.416 e. The lowest BCUT2D eigenvalue weighted by atomic mass is 9.91. The Morgan fingerprint density at radius 3 is 1.39 bits per heavy atom. The fourth-order valence-corrected chi connectivity index (χ4v) is 10.8. The van der Waals surface area contributed by atoms with Crippen LogP contribution in [0.3, 0.4) is 0 Å². The predicted molar refractivity (Wildman–Crippen MR) is 225 cm³/mol. The lowest BCUT2D eigenvalue weighted by Gasteiger charge is -2.17. The number of hydrogen-bond acceptors (Lipinski definition) is 8. The highest BCUT2D eigenvalue weighted by Crippen LogP contribution is 2.55. The molecule has 0 fully saturated rings. The van der Waals surface area contributed by atoms with Crippen molar-refractivity contribution in [3.8, 4) is 41.8 Å². The van der Waals surface area contributed by atoms with Crippen molar-refractivity contribution >= 4 is 68.9 Å². The highest BCUT2D eigenvalue weighted by atomic mass is 32.2. The number of hydrogen-bond donors (Lipinski definition) is 2. The molecule has 3 aromatic carbocycles. The van der Waals surface area contributed by atoms with Crippen LogP contribution in [-0.2, 0) is 25.2 Å². The molecule has 7 rings (SSSR count). The number of benzene rings is 3. The van der Waals surface area contributed by atoms with Crippen LogP contribution in [0.1, 0.15) is 88.5 Å². The van der Waals surface area contributed by atoms with E-state index in [-0.39, 0.29) is 11.8 Å². The van der Waals surface area contributed by atoms with E-state index in [1.165, 1.54) is 46.9 Å². The van der Waals surface area contributed by atoms with Crippen molar-refractivity contribution in [2.45, 2.75) is 91.4 Å². The summed E-state index contributed by atoms with van der Waals surface area (Å²) in [4.78, 5) is 3.49. The number of anilines is 2. The molecule has 0 spiro atoms. The fourth-order valence-electron chi connectivity index (χ4n) is 7.51. The average Bonchev–Trinajstić information content (AvgIpc) is 3.99. The first-order valence-electron chi connectivity index (χ1n) is 18.9. The number of nitrogens with one attached hydrogen (secondary N) is 2. The van der Waals surface area contributed by atoms with Crippen molar-refractivity contribution in [2.24, 2.45) is 11.8 Å². The summed E-state index contributed by atoms with van der Waals surface area (Å²) in [6, 6.07) is 16.8. The average molecular weight is 845 g/mol. The molecule has 4 heterocycles. The second-order valence-corrected chi connectivity index (χ2v) is 18.0. The van der Waals surface area contributed by atoms with Gasteiger partial charge in [-0.15, -0.1) is 22.7 Å². The summed E-state index contributed by atoms with van der Waals surface area (Å²) in [5, 5.41) is 0. The second-order valence-electron chi connectivity index (χ2n) is 14.7. The number of aromatic nitrogens is 2. The van der Waals surface area contributed by atoms with Crippen LogP contribution in [0.5, 0.6) is 0 Å². The Hall–Kier alpha value is -3.59. The smallest absolute Gasteiger partial charge is 0.309 e. The Bertz CT molecular complexity index is 2160. The Morgan fingerprint density at radius 1 is 0.589 bits per heavy atom. The van der Waals surface area contributed by atoms with Crippen LogP contribution < -0.4 is 9.44 Å². The van der Waals surface area contributed by atoms with Crippen molar-refractivity contribution in [2.75, 3.05) is 9.44 Å². The molecule has 0 saturated heterocycles. The monoisotopic (exact) mass is 844 g/mol. The van der Waals surface area contributed by atoms with Crippen molar-refractivity contribution < 1.29 is 26.3 Å². The van der Waals surface area contributed by atoms with Crippen LogP contribution in [0, 0.1) is 11.8 Å². The molecule has 0 bridgehead atoms. The number of rotatable bonds is 14. The van der Waals surface area contributed by atoms with E-state index in [1.54, 1.807) is 24.3 Å². The topological polar surface area (TPSA) is 49.8 Å². The number of fused-ring (bicyclic) bond motifs is 2. The van der Waals surface area contributed by atoms with Gasteiger partial charge in [0, 0.05) is 30.6 Å². The van der Waals surface area contributed by atoms with E-state index >= 15 is 0 Å². The van der Waals surface area contributed by atoms with Gasteiger partial charge in [-0.3, -0.25) is 0 Å². The first kappa shape index (κ1) is 40.6. The molecule has 0 saturated carbocycles. The third-order valence-electron chi connectivity index (χ3n) is 10.4. The molecule has 2 unspecified atom stereocenters. The molecule has 6 aromatic rings. The molecule has 4 nitrogen and oxygen atoms in total. The zero-order valence-corrected chi connectivity index (χ0v) is 34.6. The molecule has 0 amide bonds. The van der Waals surface area contributed by atoms with Crippen LogP contribution in [0.2, 0.25) is 0 Å². The molecule has 1 aliphatic rings. The predicted octanol–water partition coefficient (Wildman–Crippen LogP) is 15.7. The van der Waals surface area contributed by atoms with Crippen molar-refractivity contribution in [3.05, 3.63) is 82.9 Å². The third-order valence-corrected chi connectivity index (χ3v) is 13.8. The molecular formula is C42H42F6N4S4. The standard InChI is InChI=1S/C42H42F6N4S4/c1-5-7-9-23(3)19-27-21-25(11-13-29(27)41(43,44)45)31-15-17-33(53-31)35-37-39(51-55-49-37)36(40-38(35)50-56-52-40)34-18-16-32(54-34)26-12-14-30(42(46,47)48)28(22-26)20-24(4)10-8-6-2/h11-18,21-24,49,51H,5-10,19-20H2,1-4H3. The molecule has 3 aromatic heterocycles. The Balaban J connectivity index is 1.24. The third kappa shape index (κ3) is 8.49. The van der Waals surface area contributed by atoms with Crippen molar-refractivity contribution in [1.29, 1.82) is 0 Å². The van der Waals surface area contributed by atoms with Crippen LogP contribution in [0.15, 0.2) is 60.7 Å². The molecule has 2 N–H and O–H groups in total. The van der Waals surface area contributed by atoms with Crippen LogP contribution in [0.4, 0.5) is 37.7 Å². The minimum atomic E-state index is -4.43. The van der Waals surface area contributed by atoms with Crippen LogP contribution in [-0.4, -0.2) is 8.75 Å². The first-order chi connectivity index (χ1) is 26.8. The summed E-state index contributed by atoms with van der Waals surface area (Å²) in [6.45, 7) is 8.20. The SMILES string of the molecule is CCCCC(C)Cc1cc(-c2ccc(-c3c4c(c(-c5ccc(-c6ccc(C(F)(F)F)c(CC(C)CCCC)c6)s5)c5nsnc35)NSN4)s2)ccc1C(F)(F)F. The van der Waals surface area contributed by atoms with Crippen LogP contribution in [0.25, 0.3) is 52.8 Å². The zero-order valence-electron chi connectivity index (χ0n) is 31.4. The van der Waals surface area contributed by atoms with E-state index < -0.39 is 23.5 Å². The van der Waals surface area contributed by atoms with Gasteiger partial charge in [-0.05, 0) is 95.5 Å². The van der Waals surface area contributed by atoms with Gasteiger partial charge in [0.1, 0.15) is 11.0 Å². The van der Waals surface area contributed by atoms with E-state index in [0.717, 1.165) is 103 Å². The summed E-state index contributed by atoms with van der Waals surface area (Å²) in [5.41, 5.74) is 5.68. The van der Waals surface area contributed by atoms with Gasteiger partial charge in [-0.1, -0.05) is 78.4 Å². The summed E-state index contributed by atoms with van der Waals surface area (Å²) in [6.07, 6.45) is -2.44. The van der Waals surface area contributed by atoms with Crippen LogP contribution >= 0.6 is 46.5 Å². The number of alkyl halides is 6. The molecule has 1 aliphatic heterocycles. The number of halogens is 6. The quantitative estimate of drug-likeness (QED) is 0.0845. The summed E-state index contributed by atoms with van der Waals surface area (Å²) >= 11 is 5.40. The van der Waals surface area contributed by atoms with Gasteiger partial charge in [0.05, 0.1) is 46.4 Å². The minimum absolute atomic E-state index is 0.129. The highest BCUT2D eigenvalue weighted by molar-refractivity contribution is 8.02. The van der Waals surface area contributed by atoms with E-state index in [1.807, 2.05) is 38.1 Å². The summed E-state index contributed by atoms with van der Waals surface area (Å²) in [5.74, 6) is 0.257. The molecule has 0 radical (unpaired) electrons. The summed E-state index contributed by atoms with van der Waals surface area (Å²) in [7, 11) is 0. The fraction of sp³-hybridized carbons (Fsp3) is 0.381. The molecule has 0 aliphatic carbocycles. The Kier molecular flexibility index (Phi) is 12.1. The second kappa shape index (κ2) is 16.7. The van der Waals surface area contributed by atoms with Crippen molar-refractivity contribution in [1.82, 2.24) is 8.75 Å². The first-order valence-corrected chi connectivity index (χ1v) is 22.1. The molecule has 296 valence electrons. The lowest BCUT2D eigenvalue weighted by molar-refractivity contribution is -0.139. The number of unbranched alkanes of at least 4 members (excludes halogenated alkanes) is 2. The number of nitrogens with zero attached hydrogens (tertiary/aromatic N) is 2. The zero-order chi connectivity index (χ0) is 39.8. The van der Waals surface area contributed by atoms with E-state index in [0.29, 0.717) is 35.0 Å². The Morgan fingerprint density at radius 2 is 1.00 bits per heavy atom. The minimum Gasteiger partial charge on any atom is -0.309 e. The molecule has 56 heavy (non-hydrogen) atoms. The van der Waals surface area contributed by atoms with E-state index in [4.69, 9.17) is 8.75 Å². The molecule has 14 heteroatoms. The van der Waals surface area contributed by atoms with Gasteiger partial charge in [-0.2, -0.15) is 35.1 Å². The summed E-state index contributed by atoms with van der Waals surface area (Å²) < 4.78 is 101. The van der Waals surface area contributed by atoms with Gasteiger partial charge in [0.2, 0.25) is 0 Å². The van der Waals surface area contributed by atoms with Gasteiger partial charge in [-0.25, -0.2) is 0 Å². The lowest BCUT2D eigenvalue weighted by Crippen LogP contribution is -2.12. The van der Waals surface area contributed by atoms with Crippen molar-refractivity contribution in [3.63, 3.8) is 0 Å². The van der Waals surface area contributed by atoms with Gasteiger partial charge >= 0.3 is 12.4 Å². The van der Waals surface area contributed by atoms with E-state index in [9.17, 15) is 26.3 Å². The van der Waals surface area contributed by atoms with Gasteiger partial charge < -0.3 is 9.44 Å².